The zero-order valence-electron chi connectivity index (χ0n) is 15.3. The quantitative estimate of drug-likeness (QED) is 0.565. The number of rotatable bonds is 3. The van der Waals surface area contributed by atoms with Crippen LogP contribution in [0.25, 0.3) is 0 Å². The highest BCUT2D eigenvalue weighted by Crippen LogP contribution is 2.36. The number of benzene rings is 3. The molecular weight excluding hydrogens is 390 g/mol. The summed E-state index contributed by atoms with van der Waals surface area (Å²) in [4.78, 5) is 38.2. The molecule has 0 aliphatic heterocycles. The van der Waals surface area contributed by atoms with Crippen molar-refractivity contribution in [3.8, 4) is 0 Å². The van der Waals surface area contributed by atoms with E-state index in [0.717, 1.165) is 0 Å². The molecule has 1 aliphatic carbocycles. The largest absolute Gasteiger partial charge is 0.355 e. The summed E-state index contributed by atoms with van der Waals surface area (Å²) in [5, 5.41) is 2.40. The van der Waals surface area contributed by atoms with Crippen LogP contribution in [0.1, 0.15) is 42.2 Å². The summed E-state index contributed by atoms with van der Waals surface area (Å²) in [6, 6.07) is 16.3. The van der Waals surface area contributed by atoms with E-state index in [1.165, 1.54) is 43.4 Å². The number of ketones is 2. The van der Waals surface area contributed by atoms with Crippen LogP contribution in [0, 0.1) is 0 Å². The number of amides is 1. The smallest absolute Gasteiger partial charge is 0.252 e. The Morgan fingerprint density at radius 1 is 0.759 bits per heavy atom. The summed E-state index contributed by atoms with van der Waals surface area (Å²) in [6.45, 7) is 0. The van der Waals surface area contributed by atoms with Gasteiger partial charge in [0.2, 0.25) is 9.84 Å². The third-order valence-electron chi connectivity index (χ3n) is 4.84. The molecule has 144 valence electrons. The van der Waals surface area contributed by atoms with Crippen LogP contribution in [0.5, 0.6) is 0 Å². The number of carbonyl (C=O) groups excluding carboxylic acids is 3. The van der Waals surface area contributed by atoms with Gasteiger partial charge in [-0.2, -0.15) is 0 Å². The van der Waals surface area contributed by atoms with E-state index in [0.29, 0.717) is 0 Å². The lowest BCUT2D eigenvalue weighted by Crippen LogP contribution is -2.28. The maximum atomic E-state index is 13.5. The van der Waals surface area contributed by atoms with Gasteiger partial charge >= 0.3 is 0 Å². The molecule has 1 amide bonds. The normalized spacial score (nSPS) is 12.9. The molecule has 0 aromatic heterocycles. The van der Waals surface area contributed by atoms with Gasteiger partial charge < -0.3 is 5.32 Å². The molecule has 7 heteroatoms. The van der Waals surface area contributed by atoms with E-state index < -0.39 is 32.2 Å². The van der Waals surface area contributed by atoms with Gasteiger partial charge in [0.15, 0.2) is 11.6 Å². The van der Waals surface area contributed by atoms with Crippen LogP contribution < -0.4 is 5.32 Å². The third kappa shape index (κ3) is 2.78. The van der Waals surface area contributed by atoms with Crippen molar-refractivity contribution in [1.29, 1.82) is 0 Å². The molecule has 0 saturated heterocycles. The Labute approximate surface area is 167 Å². The summed E-state index contributed by atoms with van der Waals surface area (Å²) in [7, 11) is -2.89. The highest BCUT2D eigenvalue weighted by Gasteiger charge is 2.38. The van der Waals surface area contributed by atoms with Crippen LogP contribution >= 0.6 is 0 Å². The van der Waals surface area contributed by atoms with Gasteiger partial charge in [-0.15, -0.1) is 0 Å². The van der Waals surface area contributed by atoms with E-state index >= 15 is 0 Å². The lowest BCUT2D eigenvalue weighted by atomic mass is 9.83. The number of fused-ring (bicyclic) bond motifs is 2. The molecule has 0 unspecified atom stereocenters. The first kappa shape index (κ1) is 18.8. The average Bonchev–Trinajstić information content (AvgIpc) is 2.76. The number of carbonyl (C=O) groups is 3. The fraction of sp³-hybridized carbons (Fsp3) is 0.0455. The van der Waals surface area contributed by atoms with Gasteiger partial charge in [-0.25, -0.2) is 8.42 Å². The van der Waals surface area contributed by atoms with Crippen molar-refractivity contribution in [2.75, 3.05) is 7.05 Å². The SMILES string of the molecule is CNC(=O)c1ccc2c(c1S(=O)(=O)c1ccccc1)C(=O)c1ccccc1C2=O. The van der Waals surface area contributed by atoms with Crippen molar-refractivity contribution in [2.45, 2.75) is 9.79 Å². The molecule has 0 fully saturated rings. The zero-order chi connectivity index (χ0) is 20.8. The van der Waals surface area contributed by atoms with E-state index in [1.54, 1.807) is 30.3 Å². The molecule has 3 aromatic carbocycles. The molecule has 4 rings (SSSR count). The van der Waals surface area contributed by atoms with Crippen LogP contribution in [-0.4, -0.2) is 32.9 Å². The number of sulfone groups is 1. The molecule has 0 saturated carbocycles. The lowest BCUT2D eigenvalue weighted by Gasteiger charge is -2.22. The molecule has 6 nitrogen and oxygen atoms in total. The van der Waals surface area contributed by atoms with Crippen molar-refractivity contribution >= 4 is 27.3 Å². The second-order valence-electron chi connectivity index (χ2n) is 6.46. The van der Waals surface area contributed by atoms with Crippen LogP contribution in [0.3, 0.4) is 0 Å². The summed E-state index contributed by atoms with van der Waals surface area (Å²) >= 11 is 0. The first-order chi connectivity index (χ1) is 13.9. The Morgan fingerprint density at radius 2 is 1.34 bits per heavy atom. The summed E-state index contributed by atoms with van der Waals surface area (Å²) in [5.74, 6) is -1.72. The number of nitrogens with one attached hydrogen (secondary N) is 1. The van der Waals surface area contributed by atoms with Gasteiger partial charge in [0, 0.05) is 23.7 Å². The Kier molecular flexibility index (Phi) is 4.39. The minimum Gasteiger partial charge on any atom is -0.355 e. The van der Waals surface area contributed by atoms with E-state index in [-0.39, 0.29) is 32.7 Å². The van der Waals surface area contributed by atoms with E-state index in [1.807, 2.05) is 0 Å². The molecule has 0 spiro atoms. The lowest BCUT2D eigenvalue weighted by molar-refractivity contribution is 0.0954. The van der Waals surface area contributed by atoms with Gasteiger partial charge in [-0.1, -0.05) is 42.5 Å². The summed E-state index contributed by atoms with van der Waals surface area (Å²) < 4.78 is 26.9. The Morgan fingerprint density at radius 3 is 1.97 bits per heavy atom. The van der Waals surface area contributed by atoms with Crippen molar-refractivity contribution in [1.82, 2.24) is 5.32 Å². The molecule has 0 radical (unpaired) electrons. The second-order valence-corrected chi connectivity index (χ2v) is 8.35. The highest BCUT2D eigenvalue weighted by molar-refractivity contribution is 7.91. The summed E-state index contributed by atoms with van der Waals surface area (Å²) in [6.07, 6.45) is 0. The van der Waals surface area contributed by atoms with Gasteiger partial charge in [0.25, 0.3) is 5.91 Å². The van der Waals surface area contributed by atoms with Gasteiger partial charge in [0.1, 0.15) is 0 Å². The molecule has 1 N–H and O–H groups in total. The van der Waals surface area contributed by atoms with Crippen molar-refractivity contribution in [2.24, 2.45) is 0 Å². The predicted molar refractivity (Wildman–Crippen MR) is 105 cm³/mol. The molecule has 3 aromatic rings. The molecule has 0 bridgehead atoms. The molecule has 0 atom stereocenters. The van der Waals surface area contributed by atoms with E-state index in [4.69, 9.17) is 0 Å². The highest BCUT2D eigenvalue weighted by atomic mass is 32.2. The Hall–Kier alpha value is -3.58. The molecule has 1 aliphatic rings. The van der Waals surface area contributed by atoms with Gasteiger partial charge in [0.05, 0.1) is 20.9 Å². The molecular formula is C22H15NO5S. The average molecular weight is 405 g/mol. The van der Waals surface area contributed by atoms with Crippen molar-refractivity contribution in [3.05, 3.63) is 94.5 Å². The van der Waals surface area contributed by atoms with Crippen LogP contribution in [-0.2, 0) is 9.84 Å². The summed E-state index contributed by atoms with van der Waals surface area (Å²) in [5.41, 5.74) is -0.158. The predicted octanol–water partition coefficient (Wildman–Crippen LogP) is 2.65. The van der Waals surface area contributed by atoms with Crippen molar-refractivity contribution in [3.63, 3.8) is 0 Å². The first-order valence-corrected chi connectivity index (χ1v) is 10.2. The first-order valence-electron chi connectivity index (χ1n) is 8.75. The van der Waals surface area contributed by atoms with Crippen molar-refractivity contribution < 1.29 is 22.8 Å². The maximum absolute atomic E-state index is 13.5. The van der Waals surface area contributed by atoms with Crippen LogP contribution in [0.15, 0.2) is 76.5 Å². The second kappa shape index (κ2) is 6.79. The minimum atomic E-state index is -4.26. The Balaban J connectivity index is 2.11. The van der Waals surface area contributed by atoms with Crippen LogP contribution in [0.2, 0.25) is 0 Å². The fourth-order valence-corrected chi connectivity index (χ4v) is 5.14. The monoisotopic (exact) mass is 405 g/mol. The fourth-order valence-electron chi connectivity index (χ4n) is 3.47. The zero-order valence-corrected chi connectivity index (χ0v) is 16.1. The molecule has 0 heterocycles. The number of hydrogen-bond donors (Lipinski definition) is 1. The van der Waals surface area contributed by atoms with E-state index in [2.05, 4.69) is 5.32 Å². The van der Waals surface area contributed by atoms with Gasteiger partial charge in [-0.3, -0.25) is 14.4 Å². The number of hydrogen-bond acceptors (Lipinski definition) is 5. The Bertz CT molecular complexity index is 1290. The van der Waals surface area contributed by atoms with Gasteiger partial charge in [-0.05, 0) is 24.3 Å². The maximum Gasteiger partial charge on any atom is 0.252 e. The minimum absolute atomic E-state index is 0.0316. The van der Waals surface area contributed by atoms with Crippen LogP contribution in [0.4, 0.5) is 0 Å². The third-order valence-corrected chi connectivity index (χ3v) is 6.69. The standard InChI is InChI=1S/C22H15NO5S/c1-23-22(26)17-12-11-16-18(20(25)15-10-6-5-9-14(15)19(16)24)21(17)29(27,28)13-7-3-2-4-8-13/h2-12H,1H3,(H,23,26). The molecule has 29 heavy (non-hydrogen) atoms. The topological polar surface area (TPSA) is 97.4 Å². The van der Waals surface area contributed by atoms with E-state index in [9.17, 15) is 22.8 Å².